The molecule has 2 aromatic heterocycles. The maximum absolute atomic E-state index is 12.8. The summed E-state index contributed by atoms with van der Waals surface area (Å²) in [6.45, 7) is 0. The Morgan fingerprint density at radius 3 is 2.46 bits per heavy atom. The van der Waals surface area contributed by atoms with Crippen LogP contribution in [0.4, 0.5) is 5.69 Å². The molecule has 0 radical (unpaired) electrons. The number of hydrogen-bond acceptors (Lipinski definition) is 5. The molecule has 8 heteroatoms. The van der Waals surface area contributed by atoms with Gasteiger partial charge in [-0.2, -0.15) is 5.10 Å². The Morgan fingerprint density at radius 2 is 1.79 bits per heavy atom. The van der Waals surface area contributed by atoms with Gasteiger partial charge in [-0.3, -0.25) is 4.79 Å². The van der Waals surface area contributed by atoms with Gasteiger partial charge in [0.25, 0.3) is 0 Å². The van der Waals surface area contributed by atoms with E-state index in [2.05, 4.69) is 15.1 Å². The smallest absolute Gasteiger partial charge is 0.350 e. The van der Waals surface area contributed by atoms with E-state index in [4.69, 9.17) is 4.74 Å². The number of aromatic nitrogens is 3. The van der Waals surface area contributed by atoms with Crippen LogP contribution < -0.4 is 20.9 Å². The zero-order valence-electron chi connectivity index (χ0n) is 15.7. The number of anilines is 1. The minimum Gasteiger partial charge on any atom is -0.497 e. The van der Waals surface area contributed by atoms with Crippen molar-refractivity contribution in [2.24, 2.45) is 5.10 Å². The highest BCUT2D eigenvalue weighted by Gasteiger charge is 2.13. The van der Waals surface area contributed by atoms with E-state index >= 15 is 0 Å². The van der Waals surface area contributed by atoms with E-state index in [-0.39, 0.29) is 5.52 Å². The number of aromatic amines is 2. The van der Waals surface area contributed by atoms with Crippen LogP contribution in [0.5, 0.6) is 5.75 Å². The Morgan fingerprint density at radius 1 is 1.04 bits per heavy atom. The molecule has 0 amide bonds. The maximum atomic E-state index is 12.8. The molecule has 2 N–H and O–H groups in total. The number of rotatable bonds is 4. The van der Waals surface area contributed by atoms with Crippen molar-refractivity contribution in [2.45, 2.75) is 0 Å². The minimum absolute atomic E-state index is 0.281. The van der Waals surface area contributed by atoms with E-state index in [1.54, 1.807) is 25.3 Å². The van der Waals surface area contributed by atoms with Crippen molar-refractivity contribution in [3.8, 4) is 5.75 Å². The average molecular weight is 377 g/mol. The molecule has 0 saturated carbocycles. The maximum Gasteiger partial charge on any atom is 0.350 e. The van der Waals surface area contributed by atoms with Crippen molar-refractivity contribution >= 4 is 33.8 Å². The van der Waals surface area contributed by atoms with E-state index in [9.17, 15) is 9.59 Å². The van der Waals surface area contributed by atoms with E-state index < -0.39 is 11.2 Å². The lowest BCUT2D eigenvalue weighted by Crippen LogP contribution is -2.32. The van der Waals surface area contributed by atoms with Gasteiger partial charge >= 0.3 is 11.2 Å². The van der Waals surface area contributed by atoms with Gasteiger partial charge in [0.05, 0.1) is 24.4 Å². The standard InChI is InChI=1S/C20H19N5O3/c1-24(2)13-6-4-12(5-7-13)11-21-25-19(26)18-17(23-20(25)27)15-9-8-14(28-3)10-16(15)22-18/h4-11,22H,1-3H3,(H,23,27)/b21-11+. The second-order valence-corrected chi connectivity index (χ2v) is 6.56. The number of methoxy groups -OCH3 is 1. The van der Waals surface area contributed by atoms with E-state index in [0.717, 1.165) is 21.3 Å². The summed E-state index contributed by atoms with van der Waals surface area (Å²) >= 11 is 0. The van der Waals surface area contributed by atoms with Crippen molar-refractivity contribution in [1.82, 2.24) is 14.6 Å². The third kappa shape index (κ3) is 2.94. The lowest BCUT2D eigenvalue weighted by Gasteiger charge is -2.11. The Bertz CT molecular complexity index is 1310. The van der Waals surface area contributed by atoms with Gasteiger partial charge < -0.3 is 19.6 Å². The van der Waals surface area contributed by atoms with Gasteiger partial charge in [0.1, 0.15) is 11.3 Å². The molecular formula is C20H19N5O3. The first-order valence-electron chi connectivity index (χ1n) is 8.64. The summed E-state index contributed by atoms with van der Waals surface area (Å²) in [5, 5.41) is 4.82. The largest absolute Gasteiger partial charge is 0.497 e. The molecule has 28 heavy (non-hydrogen) atoms. The molecule has 4 rings (SSSR count). The van der Waals surface area contributed by atoms with Crippen LogP contribution in [0.3, 0.4) is 0 Å². The number of fused-ring (bicyclic) bond motifs is 3. The molecule has 0 saturated heterocycles. The zero-order chi connectivity index (χ0) is 19.8. The molecule has 0 aliphatic carbocycles. The van der Waals surface area contributed by atoms with Crippen LogP contribution in [-0.2, 0) is 0 Å². The van der Waals surface area contributed by atoms with Gasteiger partial charge in [-0.1, -0.05) is 12.1 Å². The molecule has 0 aliphatic rings. The van der Waals surface area contributed by atoms with Crippen LogP contribution in [0.25, 0.3) is 21.9 Å². The molecule has 0 fully saturated rings. The fourth-order valence-corrected chi connectivity index (χ4v) is 3.04. The summed E-state index contributed by atoms with van der Waals surface area (Å²) in [6, 6.07) is 12.9. The summed E-state index contributed by atoms with van der Waals surface area (Å²) in [4.78, 5) is 33.0. The lowest BCUT2D eigenvalue weighted by atomic mass is 10.2. The number of nitrogens with one attached hydrogen (secondary N) is 2. The SMILES string of the molecule is COc1ccc2c(c1)[nH]c1c(=O)n(/N=C/c3ccc(N(C)C)cc3)c(=O)[nH]c12. The highest BCUT2D eigenvalue weighted by atomic mass is 16.5. The van der Waals surface area contributed by atoms with Crippen molar-refractivity contribution in [2.75, 3.05) is 26.1 Å². The second kappa shape index (κ2) is 6.73. The molecule has 0 spiro atoms. The quantitative estimate of drug-likeness (QED) is 0.533. The molecule has 2 heterocycles. The number of H-pyrrole nitrogens is 2. The van der Waals surface area contributed by atoms with Gasteiger partial charge in [-0.15, -0.1) is 4.68 Å². The van der Waals surface area contributed by atoms with Gasteiger partial charge in [0.15, 0.2) is 0 Å². The van der Waals surface area contributed by atoms with Crippen LogP contribution in [0.2, 0.25) is 0 Å². The summed E-state index contributed by atoms with van der Waals surface area (Å²) in [6.07, 6.45) is 1.48. The Labute approximate surface area is 159 Å². The second-order valence-electron chi connectivity index (χ2n) is 6.56. The molecule has 0 unspecified atom stereocenters. The summed E-state index contributed by atoms with van der Waals surface area (Å²) in [5.74, 6) is 0.654. The molecule has 4 aromatic rings. The number of ether oxygens (including phenoxy) is 1. The van der Waals surface area contributed by atoms with E-state index in [1.165, 1.54) is 6.21 Å². The van der Waals surface area contributed by atoms with Gasteiger partial charge in [-0.25, -0.2) is 4.79 Å². The molecule has 0 atom stereocenters. The topological polar surface area (TPSA) is 95.5 Å². The monoisotopic (exact) mass is 377 g/mol. The Kier molecular flexibility index (Phi) is 4.23. The first-order valence-corrected chi connectivity index (χ1v) is 8.64. The van der Waals surface area contributed by atoms with Crippen molar-refractivity contribution in [3.63, 3.8) is 0 Å². The molecule has 142 valence electrons. The molecule has 0 aliphatic heterocycles. The van der Waals surface area contributed by atoms with Crippen LogP contribution in [-0.4, -0.2) is 42.1 Å². The van der Waals surface area contributed by atoms with Crippen molar-refractivity contribution in [3.05, 3.63) is 68.9 Å². The Balaban J connectivity index is 1.80. The van der Waals surface area contributed by atoms with E-state index in [0.29, 0.717) is 16.8 Å². The lowest BCUT2D eigenvalue weighted by molar-refractivity contribution is 0.415. The fourth-order valence-electron chi connectivity index (χ4n) is 3.04. The predicted octanol–water partition coefficient (Wildman–Crippen LogP) is 2.13. The van der Waals surface area contributed by atoms with Crippen LogP contribution in [0.15, 0.2) is 57.2 Å². The summed E-state index contributed by atoms with van der Waals surface area (Å²) in [7, 11) is 5.47. The zero-order valence-corrected chi connectivity index (χ0v) is 15.7. The first kappa shape index (κ1) is 17.6. The average Bonchev–Trinajstić information content (AvgIpc) is 3.06. The molecule has 0 bridgehead atoms. The molecule has 2 aromatic carbocycles. The van der Waals surface area contributed by atoms with Gasteiger partial charge in [0, 0.05) is 31.2 Å². The third-order valence-corrected chi connectivity index (χ3v) is 4.57. The van der Waals surface area contributed by atoms with Crippen LogP contribution >= 0.6 is 0 Å². The number of hydrogen-bond donors (Lipinski definition) is 2. The number of benzene rings is 2. The minimum atomic E-state index is -0.602. The highest BCUT2D eigenvalue weighted by molar-refractivity contribution is 6.04. The third-order valence-electron chi connectivity index (χ3n) is 4.57. The first-order chi connectivity index (χ1) is 13.5. The van der Waals surface area contributed by atoms with Crippen molar-refractivity contribution in [1.29, 1.82) is 0 Å². The fraction of sp³-hybridized carbons (Fsp3) is 0.150. The normalized spacial score (nSPS) is 11.5. The van der Waals surface area contributed by atoms with Gasteiger partial charge in [-0.05, 0) is 29.8 Å². The Hall–Kier alpha value is -3.81. The molecular weight excluding hydrogens is 358 g/mol. The predicted molar refractivity (Wildman–Crippen MR) is 111 cm³/mol. The summed E-state index contributed by atoms with van der Waals surface area (Å²) in [5.41, 5.74) is 2.13. The molecule has 8 nitrogen and oxygen atoms in total. The van der Waals surface area contributed by atoms with E-state index in [1.807, 2.05) is 43.3 Å². The van der Waals surface area contributed by atoms with Crippen molar-refractivity contribution < 1.29 is 4.74 Å². The summed E-state index contributed by atoms with van der Waals surface area (Å²) < 4.78 is 6.02. The van der Waals surface area contributed by atoms with Crippen LogP contribution in [0.1, 0.15) is 5.56 Å². The highest BCUT2D eigenvalue weighted by Crippen LogP contribution is 2.24. The van der Waals surface area contributed by atoms with Gasteiger partial charge in [0.2, 0.25) is 0 Å². The number of nitrogens with zero attached hydrogens (tertiary/aromatic N) is 3. The van der Waals surface area contributed by atoms with Crippen LogP contribution in [0, 0.1) is 0 Å².